The molecule has 0 aromatic heterocycles. The first-order chi connectivity index (χ1) is 4.74. The second kappa shape index (κ2) is 3.35. The van der Waals surface area contributed by atoms with Crippen LogP contribution in [0.4, 0.5) is 0 Å². The van der Waals surface area contributed by atoms with Gasteiger partial charge in [0, 0.05) is 6.04 Å². The van der Waals surface area contributed by atoms with Crippen molar-refractivity contribution in [2.45, 2.75) is 26.3 Å². The number of aliphatic hydroxyl groups excluding tert-OH is 1. The molecule has 0 radical (unpaired) electrons. The molecular weight excluding hydrogens is 126 g/mol. The fourth-order valence-corrected chi connectivity index (χ4v) is 1.50. The highest BCUT2D eigenvalue weighted by Crippen LogP contribution is 2.21. The van der Waals surface area contributed by atoms with Gasteiger partial charge in [0.05, 0.1) is 6.61 Å². The standard InChI is InChI=1S/C8H17NO/c1-6(2)7-3-8(5-10)9-4-7/h6-10H,3-5H2,1-2H3. The molecule has 0 aromatic rings. The maximum absolute atomic E-state index is 8.80. The summed E-state index contributed by atoms with van der Waals surface area (Å²) in [6.45, 7) is 5.87. The summed E-state index contributed by atoms with van der Waals surface area (Å²) in [5.74, 6) is 1.53. The van der Waals surface area contributed by atoms with Crippen LogP contribution in [-0.2, 0) is 0 Å². The molecule has 1 rings (SSSR count). The average molecular weight is 143 g/mol. The Morgan fingerprint density at radius 3 is 2.60 bits per heavy atom. The lowest BCUT2D eigenvalue weighted by Crippen LogP contribution is -2.24. The normalized spacial score (nSPS) is 33.6. The zero-order chi connectivity index (χ0) is 7.56. The summed E-state index contributed by atoms with van der Waals surface area (Å²) in [4.78, 5) is 0. The van der Waals surface area contributed by atoms with Crippen molar-refractivity contribution in [3.05, 3.63) is 0 Å². The van der Waals surface area contributed by atoms with Crippen molar-refractivity contribution in [2.75, 3.05) is 13.2 Å². The second-order valence-corrected chi connectivity index (χ2v) is 3.53. The summed E-state index contributed by atoms with van der Waals surface area (Å²) in [6, 6.07) is 0.368. The van der Waals surface area contributed by atoms with Crippen molar-refractivity contribution in [1.29, 1.82) is 0 Å². The molecule has 60 valence electrons. The van der Waals surface area contributed by atoms with Crippen molar-refractivity contribution in [1.82, 2.24) is 5.32 Å². The van der Waals surface area contributed by atoms with Gasteiger partial charge in [-0.05, 0) is 24.8 Å². The Morgan fingerprint density at radius 2 is 2.30 bits per heavy atom. The van der Waals surface area contributed by atoms with Gasteiger partial charge in [-0.25, -0.2) is 0 Å². The Bertz CT molecular complexity index is 103. The highest BCUT2D eigenvalue weighted by Gasteiger charge is 2.24. The number of nitrogens with one attached hydrogen (secondary N) is 1. The quantitative estimate of drug-likeness (QED) is 0.593. The van der Waals surface area contributed by atoms with Crippen LogP contribution >= 0.6 is 0 Å². The summed E-state index contributed by atoms with van der Waals surface area (Å²) >= 11 is 0. The minimum absolute atomic E-state index is 0.295. The third kappa shape index (κ3) is 1.70. The fraction of sp³-hybridized carbons (Fsp3) is 1.00. The first kappa shape index (κ1) is 8.02. The Kier molecular flexibility index (Phi) is 2.69. The molecule has 0 saturated carbocycles. The monoisotopic (exact) mass is 143 g/mol. The molecule has 0 aliphatic carbocycles. The Labute approximate surface area is 62.6 Å². The van der Waals surface area contributed by atoms with E-state index in [0.717, 1.165) is 24.8 Å². The molecule has 1 aliphatic rings. The molecule has 2 N–H and O–H groups in total. The predicted molar refractivity (Wildman–Crippen MR) is 41.8 cm³/mol. The van der Waals surface area contributed by atoms with Crippen LogP contribution in [0.1, 0.15) is 20.3 Å². The molecule has 2 unspecified atom stereocenters. The first-order valence-corrected chi connectivity index (χ1v) is 4.08. The maximum Gasteiger partial charge on any atom is 0.0584 e. The van der Waals surface area contributed by atoms with Gasteiger partial charge in [0.1, 0.15) is 0 Å². The first-order valence-electron chi connectivity index (χ1n) is 4.08. The van der Waals surface area contributed by atoms with E-state index in [4.69, 9.17) is 5.11 Å². The van der Waals surface area contributed by atoms with E-state index in [2.05, 4.69) is 19.2 Å². The molecule has 2 nitrogen and oxygen atoms in total. The van der Waals surface area contributed by atoms with Crippen molar-refractivity contribution in [3.8, 4) is 0 Å². The number of hydrogen-bond acceptors (Lipinski definition) is 2. The summed E-state index contributed by atoms with van der Waals surface area (Å²) in [5, 5.41) is 12.1. The van der Waals surface area contributed by atoms with Crippen molar-refractivity contribution < 1.29 is 5.11 Å². The lowest BCUT2D eigenvalue weighted by molar-refractivity contribution is 0.250. The molecule has 2 heteroatoms. The molecule has 10 heavy (non-hydrogen) atoms. The SMILES string of the molecule is CC(C)C1CNC(CO)C1. The van der Waals surface area contributed by atoms with Gasteiger partial charge in [0.25, 0.3) is 0 Å². The largest absolute Gasteiger partial charge is 0.395 e. The summed E-state index contributed by atoms with van der Waals surface area (Å²) in [5.41, 5.74) is 0. The number of rotatable bonds is 2. The van der Waals surface area contributed by atoms with Crippen LogP contribution in [0.25, 0.3) is 0 Å². The van der Waals surface area contributed by atoms with Gasteiger partial charge in [-0.3, -0.25) is 0 Å². The zero-order valence-electron chi connectivity index (χ0n) is 6.80. The predicted octanol–water partition coefficient (Wildman–Crippen LogP) is 0.613. The molecule has 2 atom stereocenters. The molecule has 0 bridgehead atoms. The lowest BCUT2D eigenvalue weighted by atomic mass is 9.94. The molecular formula is C8H17NO. The zero-order valence-corrected chi connectivity index (χ0v) is 6.80. The summed E-state index contributed by atoms with van der Waals surface area (Å²) < 4.78 is 0. The minimum Gasteiger partial charge on any atom is -0.395 e. The van der Waals surface area contributed by atoms with E-state index in [9.17, 15) is 0 Å². The maximum atomic E-state index is 8.80. The van der Waals surface area contributed by atoms with Crippen LogP contribution < -0.4 is 5.32 Å². The van der Waals surface area contributed by atoms with E-state index in [0.29, 0.717) is 12.6 Å². The van der Waals surface area contributed by atoms with Crippen molar-refractivity contribution in [2.24, 2.45) is 11.8 Å². The fourth-order valence-electron chi connectivity index (χ4n) is 1.50. The smallest absolute Gasteiger partial charge is 0.0584 e. The molecule has 1 saturated heterocycles. The number of aliphatic hydroxyl groups is 1. The van der Waals surface area contributed by atoms with E-state index in [1.165, 1.54) is 0 Å². The average Bonchev–Trinajstić information content (AvgIpc) is 2.34. The van der Waals surface area contributed by atoms with Gasteiger partial charge >= 0.3 is 0 Å². The van der Waals surface area contributed by atoms with E-state index >= 15 is 0 Å². The lowest BCUT2D eigenvalue weighted by Gasteiger charge is -2.11. The highest BCUT2D eigenvalue weighted by molar-refractivity contribution is 4.82. The van der Waals surface area contributed by atoms with E-state index in [-0.39, 0.29) is 0 Å². The third-order valence-corrected chi connectivity index (χ3v) is 2.42. The van der Waals surface area contributed by atoms with Crippen LogP contribution in [0, 0.1) is 11.8 Å². The molecule has 0 spiro atoms. The van der Waals surface area contributed by atoms with Crippen LogP contribution in [0.5, 0.6) is 0 Å². The number of hydrogen-bond donors (Lipinski definition) is 2. The van der Waals surface area contributed by atoms with Crippen molar-refractivity contribution in [3.63, 3.8) is 0 Å². The molecule has 1 fully saturated rings. The van der Waals surface area contributed by atoms with Gasteiger partial charge in [-0.15, -0.1) is 0 Å². The summed E-state index contributed by atoms with van der Waals surface area (Å²) in [7, 11) is 0. The van der Waals surface area contributed by atoms with Crippen LogP contribution in [0.2, 0.25) is 0 Å². The third-order valence-electron chi connectivity index (χ3n) is 2.42. The molecule has 0 aromatic carbocycles. The van der Waals surface area contributed by atoms with Gasteiger partial charge in [-0.1, -0.05) is 13.8 Å². The van der Waals surface area contributed by atoms with E-state index in [1.807, 2.05) is 0 Å². The molecule has 1 aliphatic heterocycles. The molecule has 0 amide bonds. The Balaban J connectivity index is 2.28. The Hall–Kier alpha value is -0.0800. The highest BCUT2D eigenvalue weighted by atomic mass is 16.3. The van der Waals surface area contributed by atoms with Gasteiger partial charge < -0.3 is 10.4 Å². The van der Waals surface area contributed by atoms with Crippen LogP contribution in [0.15, 0.2) is 0 Å². The van der Waals surface area contributed by atoms with Gasteiger partial charge in [0.15, 0.2) is 0 Å². The van der Waals surface area contributed by atoms with E-state index in [1.54, 1.807) is 0 Å². The Morgan fingerprint density at radius 1 is 1.60 bits per heavy atom. The van der Waals surface area contributed by atoms with Crippen LogP contribution in [-0.4, -0.2) is 24.3 Å². The topological polar surface area (TPSA) is 32.3 Å². The second-order valence-electron chi connectivity index (χ2n) is 3.53. The minimum atomic E-state index is 0.295. The van der Waals surface area contributed by atoms with E-state index < -0.39 is 0 Å². The van der Waals surface area contributed by atoms with Crippen molar-refractivity contribution >= 4 is 0 Å². The van der Waals surface area contributed by atoms with Gasteiger partial charge in [-0.2, -0.15) is 0 Å². The summed E-state index contributed by atoms with van der Waals surface area (Å²) in [6.07, 6.45) is 1.15. The van der Waals surface area contributed by atoms with Crippen LogP contribution in [0.3, 0.4) is 0 Å². The molecule has 1 heterocycles. The van der Waals surface area contributed by atoms with Gasteiger partial charge in [0.2, 0.25) is 0 Å².